The molecule has 0 unspecified atom stereocenters. The molecule has 0 bridgehead atoms. The zero-order valence-corrected chi connectivity index (χ0v) is 23.6. The number of rotatable bonds is 10. The molecule has 11 heteroatoms. The van der Waals surface area contributed by atoms with E-state index >= 15 is 0 Å². The first-order chi connectivity index (χ1) is 19.6. The van der Waals surface area contributed by atoms with Crippen molar-refractivity contribution in [3.8, 4) is 5.75 Å². The molecule has 0 radical (unpaired) electrons. The minimum absolute atomic E-state index is 0.0345. The number of anilines is 1. The maximum Gasteiger partial charge on any atom is 0.329 e. The minimum atomic E-state index is -3.85. The lowest BCUT2D eigenvalue weighted by Gasteiger charge is -2.21. The summed E-state index contributed by atoms with van der Waals surface area (Å²) in [6, 6.07) is 24.1. The lowest BCUT2D eigenvalue weighted by Crippen LogP contribution is -2.32. The number of carbonyl (C=O) groups is 2. The van der Waals surface area contributed by atoms with Gasteiger partial charge in [-0.2, -0.15) is 9.41 Å². The number of methoxy groups -OCH3 is 1. The maximum absolute atomic E-state index is 13.6. The second kappa shape index (κ2) is 13.1. The smallest absolute Gasteiger partial charge is 0.329 e. The van der Waals surface area contributed by atoms with E-state index in [1.165, 1.54) is 17.6 Å². The van der Waals surface area contributed by atoms with Crippen LogP contribution >= 0.6 is 0 Å². The summed E-state index contributed by atoms with van der Waals surface area (Å²) < 4.78 is 39.3. The van der Waals surface area contributed by atoms with E-state index in [1.807, 2.05) is 38.1 Å². The fourth-order valence-electron chi connectivity index (χ4n) is 3.80. The molecule has 0 spiro atoms. The van der Waals surface area contributed by atoms with Gasteiger partial charge in [-0.05, 0) is 55.8 Å². The molecular formula is C30H30N4O6S. The lowest BCUT2D eigenvalue weighted by atomic mass is 10.1. The molecule has 0 aliphatic carbocycles. The molecule has 0 saturated carbocycles. The Balaban J connectivity index is 1.43. The average Bonchev–Trinajstić information content (AvgIpc) is 3.41. The summed E-state index contributed by atoms with van der Waals surface area (Å²) in [4.78, 5) is 24.5. The van der Waals surface area contributed by atoms with Crippen LogP contribution in [0.3, 0.4) is 0 Å². The summed E-state index contributed by atoms with van der Waals surface area (Å²) in [5.74, 6) is -0.736. The van der Waals surface area contributed by atoms with Crippen LogP contribution in [-0.4, -0.2) is 37.9 Å². The van der Waals surface area contributed by atoms with Crippen LogP contribution in [-0.2, 0) is 32.7 Å². The molecule has 0 fully saturated rings. The van der Waals surface area contributed by atoms with Gasteiger partial charge in [0.2, 0.25) is 10.0 Å². The van der Waals surface area contributed by atoms with Crippen LogP contribution in [0, 0.1) is 13.8 Å². The third-order valence-corrected chi connectivity index (χ3v) is 7.85. The van der Waals surface area contributed by atoms with Crippen molar-refractivity contribution in [3.63, 3.8) is 0 Å². The van der Waals surface area contributed by atoms with E-state index < -0.39 is 21.8 Å². The summed E-state index contributed by atoms with van der Waals surface area (Å²) in [5, 5.41) is 6.23. The van der Waals surface area contributed by atoms with Gasteiger partial charge in [0.1, 0.15) is 17.3 Å². The number of amides is 2. The van der Waals surface area contributed by atoms with E-state index in [4.69, 9.17) is 9.15 Å². The largest absolute Gasteiger partial charge is 0.497 e. The van der Waals surface area contributed by atoms with Crippen LogP contribution in [0.5, 0.6) is 5.75 Å². The van der Waals surface area contributed by atoms with Gasteiger partial charge in [-0.1, -0.05) is 53.6 Å². The van der Waals surface area contributed by atoms with Crippen molar-refractivity contribution < 1.29 is 27.2 Å². The molecule has 212 valence electrons. The van der Waals surface area contributed by atoms with Crippen molar-refractivity contribution in [2.24, 2.45) is 5.10 Å². The number of hydrogen-bond acceptors (Lipinski definition) is 7. The number of sulfonamides is 1. The number of nitrogens with one attached hydrogen (secondary N) is 2. The number of hydrogen-bond donors (Lipinski definition) is 2. The van der Waals surface area contributed by atoms with Gasteiger partial charge in [0, 0.05) is 18.3 Å². The van der Waals surface area contributed by atoms with Gasteiger partial charge in [0.05, 0.1) is 24.8 Å². The van der Waals surface area contributed by atoms with E-state index in [2.05, 4.69) is 15.8 Å². The molecule has 4 rings (SSSR count). The zero-order chi connectivity index (χ0) is 29.4. The molecule has 41 heavy (non-hydrogen) atoms. The molecular weight excluding hydrogens is 544 g/mol. The van der Waals surface area contributed by atoms with Crippen LogP contribution < -0.4 is 15.5 Å². The number of furan rings is 1. The van der Waals surface area contributed by atoms with Gasteiger partial charge in [-0.3, -0.25) is 9.59 Å². The summed E-state index contributed by atoms with van der Waals surface area (Å²) in [6.45, 7) is 3.96. The van der Waals surface area contributed by atoms with Crippen LogP contribution in [0.4, 0.5) is 5.69 Å². The first-order valence-electron chi connectivity index (χ1n) is 12.6. The van der Waals surface area contributed by atoms with Crippen molar-refractivity contribution in [2.75, 3.05) is 12.4 Å². The highest BCUT2D eigenvalue weighted by molar-refractivity contribution is 7.89. The van der Waals surface area contributed by atoms with Crippen LogP contribution in [0.25, 0.3) is 0 Å². The normalized spacial score (nSPS) is 11.5. The van der Waals surface area contributed by atoms with E-state index in [1.54, 1.807) is 60.7 Å². The number of hydrazone groups is 1. The second-order valence-electron chi connectivity index (χ2n) is 9.26. The molecule has 0 aliphatic rings. The predicted octanol–water partition coefficient (Wildman–Crippen LogP) is 4.38. The Morgan fingerprint density at radius 3 is 2.27 bits per heavy atom. The lowest BCUT2D eigenvalue weighted by molar-refractivity contribution is -0.136. The number of aryl methyl sites for hydroxylation is 2. The predicted molar refractivity (Wildman–Crippen MR) is 155 cm³/mol. The monoisotopic (exact) mass is 574 g/mol. The topological polar surface area (TPSA) is 130 Å². The second-order valence-corrected chi connectivity index (χ2v) is 11.2. The van der Waals surface area contributed by atoms with Crippen molar-refractivity contribution in [3.05, 3.63) is 113 Å². The number of ether oxygens (including phenoxy) is 1. The van der Waals surface area contributed by atoms with Crippen LogP contribution in [0.1, 0.15) is 28.2 Å². The standard InChI is InChI=1S/C30H30N4O6S/c1-21-7-11-23(12-8-21)19-34(41(37,38)28-15-9-22(2)10-16-28)20-27-14-13-26(40-27)18-31-33-30(36)29(35)32-24-5-4-6-25(17-24)39-3/h4-18H,19-20H2,1-3H3,(H,32,35)(H,33,36)/b31-18+. The van der Waals surface area contributed by atoms with Crippen LogP contribution in [0.15, 0.2) is 99.3 Å². The highest BCUT2D eigenvalue weighted by atomic mass is 32.2. The molecule has 2 amide bonds. The molecule has 0 saturated heterocycles. The minimum Gasteiger partial charge on any atom is -0.497 e. The summed E-state index contributed by atoms with van der Waals surface area (Å²) in [6.07, 6.45) is 1.22. The van der Waals surface area contributed by atoms with Crippen molar-refractivity contribution in [2.45, 2.75) is 31.8 Å². The Kier molecular flexibility index (Phi) is 9.33. The maximum atomic E-state index is 13.6. The molecule has 0 aliphatic heterocycles. The fraction of sp³-hybridized carbons (Fsp3) is 0.167. The Labute approximate surface area is 238 Å². The van der Waals surface area contributed by atoms with E-state index in [9.17, 15) is 18.0 Å². The summed E-state index contributed by atoms with van der Waals surface area (Å²) in [5.41, 5.74) is 5.38. The number of carbonyl (C=O) groups excluding carboxylic acids is 2. The van der Waals surface area contributed by atoms with Gasteiger partial charge >= 0.3 is 11.8 Å². The number of nitrogens with zero attached hydrogens (tertiary/aromatic N) is 2. The molecule has 2 N–H and O–H groups in total. The highest BCUT2D eigenvalue weighted by Crippen LogP contribution is 2.23. The molecule has 4 aromatic rings. The Morgan fingerprint density at radius 2 is 1.59 bits per heavy atom. The Morgan fingerprint density at radius 1 is 0.902 bits per heavy atom. The number of benzene rings is 3. The van der Waals surface area contributed by atoms with Gasteiger partial charge < -0.3 is 14.5 Å². The molecule has 1 aromatic heterocycles. The zero-order valence-electron chi connectivity index (χ0n) is 22.8. The van der Waals surface area contributed by atoms with E-state index in [0.717, 1.165) is 16.7 Å². The summed E-state index contributed by atoms with van der Waals surface area (Å²) in [7, 11) is -2.36. The molecule has 1 heterocycles. The highest BCUT2D eigenvalue weighted by Gasteiger charge is 2.26. The SMILES string of the molecule is COc1cccc(NC(=O)C(=O)N/N=C/c2ccc(CN(Cc3ccc(C)cc3)S(=O)(=O)c3ccc(C)cc3)o2)c1. The molecule has 10 nitrogen and oxygen atoms in total. The Bertz CT molecular complexity index is 1650. The van der Waals surface area contributed by atoms with E-state index in [-0.39, 0.29) is 23.7 Å². The van der Waals surface area contributed by atoms with Crippen molar-refractivity contribution >= 4 is 33.7 Å². The third-order valence-electron chi connectivity index (χ3n) is 6.04. The van der Waals surface area contributed by atoms with Gasteiger partial charge in [-0.15, -0.1) is 0 Å². The first kappa shape index (κ1) is 29.2. The van der Waals surface area contributed by atoms with Crippen molar-refractivity contribution in [1.29, 1.82) is 0 Å². The van der Waals surface area contributed by atoms with Gasteiger partial charge in [-0.25, -0.2) is 13.8 Å². The average molecular weight is 575 g/mol. The quantitative estimate of drug-likeness (QED) is 0.164. The Hall–Kier alpha value is -4.74. The first-order valence-corrected chi connectivity index (χ1v) is 14.1. The van der Waals surface area contributed by atoms with Gasteiger partial charge in [0.25, 0.3) is 0 Å². The third kappa shape index (κ3) is 7.90. The van der Waals surface area contributed by atoms with Crippen molar-refractivity contribution in [1.82, 2.24) is 9.73 Å². The summed E-state index contributed by atoms with van der Waals surface area (Å²) >= 11 is 0. The van der Waals surface area contributed by atoms with Crippen LogP contribution in [0.2, 0.25) is 0 Å². The van der Waals surface area contributed by atoms with E-state index in [0.29, 0.717) is 17.2 Å². The molecule has 0 atom stereocenters. The molecule has 3 aromatic carbocycles. The van der Waals surface area contributed by atoms with Gasteiger partial charge in [0.15, 0.2) is 0 Å². The fourth-order valence-corrected chi connectivity index (χ4v) is 5.19.